The van der Waals surface area contributed by atoms with Crippen LogP contribution in [-0.4, -0.2) is 37.5 Å². The highest BCUT2D eigenvalue weighted by molar-refractivity contribution is 6.01. The minimum atomic E-state index is -0.686. The van der Waals surface area contributed by atoms with Gasteiger partial charge in [-0.15, -0.1) is 0 Å². The molecule has 0 heterocycles. The van der Waals surface area contributed by atoms with Crippen LogP contribution in [0.1, 0.15) is 17.3 Å². The molecule has 0 radical (unpaired) electrons. The third-order valence-corrected chi connectivity index (χ3v) is 2.57. The Morgan fingerprint density at radius 3 is 2.19 bits per heavy atom. The Morgan fingerprint density at radius 2 is 1.71 bits per heavy atom. The zero-order chi connectivity index (χ0) is 16.0. The Balaban J connectivity index is 3.30. The van der Waals surface area contributed by atoms with E-state index in [9.17, 15) is 14.4 Å². The van der Waals surface area contributed by atoms with Crippen molar-refractivity contribution in [2.75, 3.05) is 30.3 Å². The number of primary amides is 2. The van der Waals surface area contributed by atoms with E-state index in [4.69, 9.17) is 21.9 Å². The Labute approximate surface area is 121 Å². The third kappa shape index (κ3) is 4.37. The number of nitrogens with two attached hydrogens (primary N) is 3. The van der Waals surface area contributed by atoms with Crippen LogP contribution in [0, 0.1) is 0 Å². The summed E-state index contributed by atoms with van der Waals surface area (Å²) in [5.74, 6) is -1.98. The number of benzene rings is 1. The van der Waals surface area contributed by atoms with E-state index < -0.39 is 17.8 Å². The maximum atomic E-state index is 12.0. The number of nitrogens with zero attached hydrogens (tertiary/aromatic N) is 1. The number of ether oxygens (including phenoxy) is 1. The lowest BCUT2D eigenvalue weighted by molar-refractivity contribution is -0.117. The first-order chi connectivity index (χ1) is 9.86. The summed E-state index contributed by atoms with van der Waals surface area (Å²) in [6, 6.07) is 4.59. The van der Waals surface area contributed by atoms with Crippen LogP contribution in [-0.2, 0) is 14.3 Å². The van der Waals surface area contributed by atoms with Crippen molar-refractivity contribution in [2.45, 2.75) is 6.92 Å². The summed E-state index contributed by atoms with van der Waals surface area (Å²) in [6.45, 7) is 1.24. The van der Waals surface area contributed by atoms with Gasteiger partial charge in [-0.1, -0.05) is 6.07 Å². The van der Waals surface area contributed by atoms with E-state index >= 15 is 0 Å². The number of nitrogen functional groups attached to an aromatic ring is 1. The highest BCUT2D eigenvalue weighted by Gasteiger charge is 2.22. The van der Waals surface area contributed by atoms with Gasteiger partial charge in [0.05, 0.1) is 36.6 Å². The largest absolute Gasteiger partial charge is 0.462 e. The van der Waals surface area contributed by atoms with Crippen molar-refractivity contribution in [3.63, 3.8) is 0 Å². The van der Waals surface area contributed by atoms with Gasteiger partial charge in [0.2, 0.25) is 11.8 Å². The molecule has 0 saturated heterocycles. The quantitative estimate of drug-likeness (QED) is 0.445. The Bertz CT molecular complexity index is 543. The molecule has 0 aromatic heterocycles. The lowest BCUT2D eigenvalue weighted by Gasteiger charge is -2.25. The molecule has 2 amide bonds. The molecular formula is C13H18N4O4. The van der Waals surface area contributed by atoms with Gasteiger partial charge in [-0.3, -0.25) is 9.59 Å². The molecule has 21 heavy (non-hydrogen) atoms. The first kappa shape index (κ1) is 16.3. The van der Waals surface area contributed by atoms with Gasteiger partial charge >= 0.3 is 5.97 Å². The number of rotatable bonds is 7. The molecule has 6 N–H and O–H groups in total. The molecule has 114 valence electrons. The lowest BCUT2D eigenvalue weighted by Crippen LogP contribution is -2.40. The summed E-state index contributed by atoms with van der Waals surface area (Å²) in [5.41, 5.74) is 16.7. The van der Waals surface area contributed by atoms with Gasteiger partial charge in [-0.2, -0.15) is 0 Å². The fourth-order valence-electron chi connectivity index (χ4n) is 1.88. The van der Waals surface area contributed by atoms with Crippen LogP contribution in [0.2, 0.25) is 0 Å². The molecule has 0 aliphatic rings. The first-order valence-electron chi connectivity index (χ1n) is 6.24. The van der Waals surface area contributed by atoms with Crippen molar-refractivity contribution in [3.8, 4) is 0 Å². The number of hydrogen-bond acceptors (Lipinski definition) is 6. The maximum absolute atomic E-state index is 12.0. The summed E-state index contributed by atoms with van der Waals surface area (Å²) in [6.07, 6.45) is 0. The van der Waals surface area contributed by atoms with Crippen LogP contribution in [0.4, 0.5) is 11.4 Å². The Morgan fingerprint density at radius 1 is 1.14 bits per heavy atom. The van der Waals surface area contributed by atoms with E-state index in [0.717, 1.165) is 0 Å². The average molecular weight is 294 g/mol. The molecule has 1 aromatic carbocycles. The van der Waals surface area contributed by atoms with Crippen molar-refractivity contribution in [3.05, 3.63) is 23.8 Å². The van der Waals surface area contributed by atoms with E-state index in [1.54, 1.807) is 13.0 Å². The fraction of sp³-hybridized carbons (Fsp3) is 0.308. The van der Waals surface area contributed by atoms with E-state index in [2.05, 4.69) is 0 Å². The number of amides is 2. The minimum Gasteiger partial charge on any atom is -0.462 e. The maximum Gasteiger partial charge on any atom is 0.340 e. The molecule has 0 atom stereocenters. The molecule has 0 spiro atoms. The molecule has 0 aliphatic carbocycles. The SMILES string of the molecule is CCOC(=O)c1cccc(N)c1N(CC(N)=O)CC(N)=O. The molecular weight excluding hydrogens is 276 g/mol. The van der Waals surface area contributed by atoms with Crippen molar-refractivity contribution in [1.82, 2.24) is 0 Å². The zero-order valence-electron chi connectivity index (χ0n) is 11.7. The molecule has 0 bridgehead atoms. The topological polar surface area (TPSA) is 142 Å². The van der Waals surface area contributed by atoms with Crippen molar-refractivity contribution >= 4 is 29.2 Å². The second kappa shape index (κ2) is 7.13. The third-order valence-electron chi connectivity index (χ3n) is 2.57. The van der Waals surface area contributed by atoms with Crippen LogP contribution in [0.5, 0.6) is 0 Å². The first-order valence-corrected chi connectivity index (χ1v) is 6.24. The number of carbonyl (C=O) groups excluding carboxylic acids is 3. The number of hydrogen-bond donors (Lipinski definition) is 3. The summed E-state index contributed by atoms with van der Waals surface area (Å²) in [5, 5.41) is 0. The predicted molar refractivity (Wildman–Crippen MR) is 77.4 cm³/mol. The van der Waals surface area contributed by atoms with Crippen molar-refractivity contribution in [2.24, 2.45) is 11.5 Å². The highest BCUT2D eigenvalue weighted by Crippen LogP contribution is 2.28. The normalized spacial score (nSPS) is 9.95. The Kier molecular flexibility index (Phi) is 5.53. The van der Waals surface area contributed by atoms with E-state index in [0.29, 0.717) is 0 Å². The van der Waals surface area contributed by atoms with Gasteiger partial charge in [0.25, 0.3) is 0 Å². The summed E-state index contributed by atoms with van der Waals surface area (Å²) in [4.78, 5) is 35.5. The van der Waals surface area contributed by atoms with E-state index in [1.165, 1.54) is 17.0 Å². The molecule has 8 heteroatoms. The summed E-state index contributed by atoms with van der Waals surface area (Å²) >= 11 is 0. The molecule has 0 unspecified atom stereocenters. The van der Waals surface area contributed by atoms with Gasteiger partial charge < -0.3 is 26.8 Å². The average Bonchev–Trinajstić information content (AvgIpc) is 2.36. The van der Waals surface area contributed by atoms with Crippen LogP contribution >= 0.6 is 0 Å². The van der Waals surface area contributed by atoms with Gasteiger partial charge in [0.1, 0.15) is 0 Å². The predicted octanol–water partition coefficient (Wildman–Crippen LogP) is -0.777. The van der Waals surface area contributed by atoms with Crippen molar-refractivity contribution < 1.29 is 19.1 Å². The number of para-hydroxylation sites is 1. The number of carbonyl (C=O) groups is 3. The molecule has 1 aromatic rings. The number of anilines is 2. The van der Waals surface area contributed by atoms with Gasteiger partial charge in [0.15, 0.2) is 0 Å². The molecule has 0 aliphatic heterocycles. The van der Waals surface area contributed by atoms with Gasteiger partial charge in [-0.05, 0) is 19.1 Å². The molecule has 0 saturated carbocycles. The minimum absolute atomic E-state index is 0.138. The van der Waals surface area contributed by atoms with Crippen LogP contribution in [0.3, 0.4) is 0 Å². The molecule has 0 fully saturated rings. The zero-order valence-corrected chi connectivity index (χ0v) is 11.7. The number of esters is 1. The molecule has 1 rings (SSSR count). The van der Waals surface area contributed by atoms with Crippen LogP contribution < -0.4 is 22.1 Å². The Hall–Kier alpha value is -2.77. The highest BCUT2D eigenvalue weighted by atomic mass is 16.5. The van der Waals surface area contributed by atoms with E-state index in [-0.39, 0.29) is 36.6 Å². The van der Waals surface area contributed by atoms with Crippen LogP contribution in [0.25, 0.3) is 0 Å². The van der Waals surface area contributed by atoms with Gasteiger partial charge in [0, 0.05) is 0 Å². The molecule has 8 nitrogen and oxygen atoms in total. The second-order valence-electron chi connectivity index (χ2n) is 4.25. The fourth-order valence-corrected chi connectivity index (χ4v) is 1.88. The van der Waals surface area contributed by atoms with Crippen molar-refractivity contribution in [1.29, 1.82) is 0 Å². The standard InChI is InChI=1S/C13H18N4O4/c1-2-21-13(20)8-4-3-5-9(14)12(8)17(6-10(15)18)7-11(16)19/h3-5H,2,6-7,14H2,1H3,(H2,15,18)(H2,16,19). The van der Waals surface area contributed by atoms with Gasteiger partial charge in [-0.25, -0.2) is 4.79 Å². The second-order valence-corrected chi connectivity index (χ2v) is 4.25. The van der Waals surface area contributed by atoms with E-state index in [1.807, 2.05) is 0 Å². The lowest BCUT2D eigenvalue weighted by atomic mass is 10.1. The summed E-state index contributed by atoms with van der Waals surface area (Å²) in [7, 11) is 0. The monoisotopic (exact) mass is 294 g/mol. The van der Waals surface area contributed by atoms with Crippen LogP contribution in [0.15, 0.2) is 18.2 Å². The smallest absolute Gasteiger partial charge is 0.340 e. The summed E-state index contributed by atoms with van der Waals surface area (Å²) < 4.78 is 4.93.